The van der Waals surface area contributed by atoms with E-state index in [4.69, 9.17) is 8.83 Å². The molecule has 0 N–H and O–H groups in total. The number of anilines is 3. The van der Waals surface area contributed by atoms with Crippen LogP contribution >= 0.6 is 0 Å². The van der Waals surface area contributed by atoms with Crippen molar-refractivity contribution in [3.05, 3.63) is 247 Å². The van der Waals surface area contributed by atoms with Crippen LogP contribution in [0.5, 0.6) is 0 Å². The summed E-state index contributed by atoms with van der Waals surface area (Å²) < 4.78 is 13.0. The highest BCUT2D eigenvalue weighted by atomic mass is 16.3. The van der Waals surface area contributed by atoms with Gasteiger partial charge in [-0.1, -0.05) is 170 Å². The summed E-state index contributed by atoms with van der Waals surface area (Å²) in [6.45, 7) is 0. The first-order valence-electron chi connectivity index (χ1n) is 22.9. The van der Waals surface area contributed by atoms with Crippen molar-refractivity contribution in [1.82, 2.24) is 0 Å². The lowest BCUT2D eigenvalue weighted by Crippen LogP contribution is -2.23. The van der Waals surface area contributed by atoms with Crippen molar-refractivity contribution in [2.75, 3.05) is 4.90 Å². The quantitative estimate of drug-likeness (QED) is 0.167. The number of fused-ring (bicyclic) bond motifs is 13. The van der Waals surface area contributed by atoms with Crippen LogP contribution < -0.4 is 4.90 Å². The van der Waals surface area contributed by atoms with Gasteiger partial charge in [-0.2, -0.15) is 0 Å². The van der Waals surface area contributed by atoms with Crippen LogP contribution in [-0.4, -0.2) is 0 Å². The fourth-order valence-electron chi connectivity index (χ4n) is 11.6. The third kappa shape index (κ3) is 5.38. The predicted octanol–water partition coefficient (Wildman–Crippen LogP) is 17.2. The van der Waals surface area contributed by atoms with Gasteiger partial charge < -0.3 is 13.7 Å². The zero-order chi connectivity index (χ0) is 43.3. The fourth-order valence-corrected chi connectivity index (χ4v) is 11.6. The van der Waals surface area contributed by atoms with Gasteiger partial charge in [0.25, 0.3) is 0 Å². The number of nitrogens with zero attached hydrogens (tertiary/aromatic N) is 1. The monoisotopic (exact) mass is 843 g/mol. The van der Waals surface area contributed by atoms with E-state index in [1.807, 2.05) is 18.2 Å². The molecule has 0 saturated heterocycles. The Hall–Kier alpha value is -8.40. The average molecular weight is 844 g/mol. The summed E-state index contributed by atoms with van der Waals surface area (Å²) in [6, 6.07) is 81.6. The molecule has 0 amide bonds. The molecule has 2 aliphatic rings. The normalized spacial score (nSPS) is 14.9. The van der Waals surface area contributed by atoms with E-state index in [0.717, 1.165) is 96.0 Å². The first-order chi connectivity index (χ1) is 32.7. The molecule has 1 spiro atoms. The summed E-state index contributed by atoms with van der Waals surface area (Å²) in [7, 11) is 0. The Morgan fingerprint density at radius 3 is 1.77 bits per heavy atom. The van der Waals surface area contributed by atoms with E-state index in [-0.39, 0.29) is 5.41 Å². The second-order valence-corrected chi connectivity index (χ2v) is 17.9. The van der Waals surface area contributed by atoms with E-state index in [9.17, 15) is 0 Å². The molecule has 1 unspecified atom stereocenters. The molecule has 0 aliphatic heterocycles. The van der Waals surface area contributed by atoms with E-state index in [1.54, 1.807) is 0 Å². The number of furan rings is 2. The molecule has 0 bridgehead atoms. The Labute approximate surface area is 382 Å². The minimum absolute atomic E-state index is 0.135. The summed E-state index contributed by atoms with van der Waals surface area (Å²) >= 11 is 0. The van der Waals surface area contributed by atoms with E-state index in [1.165, 1.54) is 44.5 Å². The standard InChI is InChI=1S/C63H41NO2/c1-6-21-54-42(13-1)37-38-63(54)55-22-7-2-14-47(55)48-36-31-43(39-56(48)63)40-27-32-44(33-28-40)64(45-34-29-41(30-35-45)46-18-12-26-60-61(46)53-17-5-10-25-59(53)65-60)57-23-8-3-15-49(57)51-19-11-20-52-50-16-4-9-24-58(50)66-62(51)52/h1-36,39H,37-38H2. The van der Waals surface area contributed by atoms with Crippen molar-refractivity contribution in [2.45, 2.75) is 18.3 Å². The smallest absolute Gasteiger partial charge is 0.143 e. The molecule has 0 radical (unpaired) electrons. The molecule has 2 aromatic heterocycles. The Balaban J connectivity index is 0.910. The molecule has 3 heteroatoms. The minimum Gasteiger partial charge on any atom is -0.456 e. The Kier molecular flexibility index (Phi) is 8.02. The SMILES string of the molecule is c1ccc2c(c1)CCC21c2ccccc2-c2ccc(-c3ccc(N(c4ccc(-c5cccc6oc7ccccc7c56)cc4)c4ccccc4-c4cccc5c4oc4ccccc45)cc3)cc21. The summed E-state index contributed by atoms with van der Waals surface area (Å²) in [5.74, 6) is 0. The molecule has 0 fully saturated rings. The summed E-state index contributed by atoms with van der Waals surface area (Å²) in [5, 5.41) is 4.49. The van der Waals surface area contributed by atoms with Crippen molar-refractivity contribution < 1.29 is 8.83 Å². The molecule has 10 aromatic carbocycles. The first kappa shape index (κ1) is 37.0. The zero-order valence-corrected chi connectivity index (χ0v) is 36.0. The Bertz CT molecular complexity index is 3890. The van der Waals surface area contributed by atoms with Gasteiger partial charge in [-0.3, -0.25) is 0 Å². The number of para-hydroxylation sites is 4. The number of hydrogen-bond acceptors (Lipinski definition) is 3. The van der Waals surface area contributed by atoms with Gasteiger partial charge >= 0.3 is 0 Å². The van der Waals surface area contributed by atoms with Gasteiger partial charge in [-0.05, 0) is 123 Å². The molecule has 3 nitrogen and oxygen atoms in total. The first-order valence-corrected chi connectivity index (χ1v) is 22.9. The summed E-state index contributed by atoms with van der Waals surface area (Å²) in [4.78, 5) is 2.39. The lowest BCUT2D eigenvalue weighted by Gasteiger charge is -2.29. The fraction of sp³-hybridized carbons (Fsp3) is 0.0476. The molecule has 2 heterocycles. The third-order valence-corrected chi connectivity index (χ3v) is 14.5. The third-order valence-electron chi connectivity index (χ3n) is 14.5. The maximum absolute atomic E-state index is 6.65. The molecule has 0 saturated carbocycles. The Morgan fingerprint density at radius 2 is 0.939 bits per heavy atom. The number of benzene rings is 10. The molecule has 1 atom stereocenters. The molecule has 14 rings (SSSR count). The molecule has 66 heavy (non-hydrogen) atoms. The highest BCUT2D eigenvalue weighted by Gasteiger charge is 2.48. The van der Waals surface area contributed by atoms with E-state index in [2.05, 4.69) is 211 Å². The Morgan fingerprint density at radius 1 is 0.364 bits per heavy atom. The topological polar surface area (TPSA) is 29.5 Å². The van der Waals surface area contributed by atoms with E-state index >= 15 is 0 Å². The maximum atomic E-state index is 6.65. The maximum Gasteiger partial charge on any atom is 0.143 e. The lowest BCUT2D eigenvalue weighted by atomic mass is 9.73. The summed E-state index contributed by atoms with van der Waals surface area (Å²) in [6.07, 6.45) is 2.17. The van der Waals surface area contributed by atoms with Gasteiger partial charge in [0.1, 0.15) is 22.3 Å². The average Bonchev–Trinajstić information content (AvgIpc) is 4.15. The number of aryl methyl sites for hydroxylation is 1. The minimum atomic E-state index is -0.135. The highest BCUT2D eigenvalue weighted by Crippen LogP contribution is 2.59. The van der Waals surface area contributed by atoms with E-state index < -0.39 is 0 Å². The van der Waals surface area contributed by atoms with Crippen LogP contribution in [0.15, 0.2) is 233 Å². The summed E-state index contributed by atoms with van der Waals surface area (Å²) in [5.41, 5.74) is 21.9. The largest absolute Gasteiger partial charge is 0.456 e. The van der Waals surface area contributed by atoms with Crippen LogP contribution in [0, 0.1) is 0 Å². The van der Waals surface area contributed by atoms with Crippen LogP contribution in [0.25, 0.3) is 88.4 Å². The van der Waals surface area contributed by atoms with Crippen molar-refractivity contribution in [1.29, 1.82) is 0 Å². The van der Waals surface area contributed by atoms with Gasteiger partial charge in [-0.15, -0.1) is 0 Å². The van der Waals surface area contributed by atoms with Gasteiger partial charge in [0.15, 0.2) is 0 Å². The van der Waals surface area contributed by atoms with Crippen molar-refractivity contribution in [2.24, 2.45) is 0 Å². The molecular formula is C63H41NO2. The van der Waals surface area contributed by atoms with Gasteiger partial charge in [0.2, 0.25) is 0 Å². The molecule has 2 aliphatic carbocycles. The predicted molar refractivity (Wildman–Crippen MR) is 272 cm³/mol. The van der Waals surface area contributed by atoms with Crippen molar-refractivity contribution in [3.63, 3.8) is 0 Å². The van der Waals surface area contributed by atoms with Crippen molar-refractivity contribution >= 4 is 60.9 Å². The number of rotatable bonds is 6. The number of hydrogen-bond donors (Lipinski definition) is 0. The van der Waals surface area contributed by atoms with Gasteiger partial charge in [-0.25, -0.2) is 0 Å². The second kappa shape index (κ2) is 14.3. The second-order valence-electron chi connectivity index (χ2n) is 17.9. The van der Waals surface area contributed by atoms with E-state index in [0.29, 0.717) is 0 Å². The van der Waals surface area contributed by atoms with Crippen LogP contribution in [0.3, 0.4) is 0 Å². The molecular weight excluding hydrogens is 803 g/mol. The highest BCUT2D eigenvalue weighted by molar-refractivity contribution is 6.13. The van der Waals surface area contributed by atoms with Crippen LogP contribution in [0.4, 0.5) is 17.1 Å². The van der Waals surface area contributed by atoms with Crippen LogP contribution in [-0.2, 0) is 11.8 Å². The lowest BCUT2D eigenvalue weighted by molar-refractivity contribution is 0.626. The van der Waals surface area contributed by atoms with Crippen molar-refractivity contribution in [3.8, 4) is 44.5 Å². The van der Waals surface area contributed by atoms with Gasteiger partial charge in [0, 0.05) is 49.5 Å². The molecule has 310 valence electrons. The van der Waals surface area contributed by atoms with Crippen LogP contribution in [0.1, 0.15) is 28.7 Å². The van der Waals surface area contributed by atoms with Crippen LogP contribution in [0.2, 0.25) is 0 Å². The zero-order valence-electron chi connectivity index (χ0n) is 36.0. The molecule has 12 aromatic rings. The van der Waals surface area contributed by atoms with Gasteiger partial charge in [0.05, 0.1) is 5.69 Å².